The normalized spacial score (nSPS) is 22.1. The van der Waals surface area contributed by atoms with E-state index in [4.69, 9.17) is 0 Å². The lowest BCUT2D eigenvalue weighted by Crippen LogP contribution is -2.33. The molecule has 0 aromatic heterocycles. The molecule has 2 atom stereocenters. The highest BCUT2D eigenvalue weighted by Crippen LogP contribution is 2.27. The van der Waals surface area contributed by atoms with Crippen molar-refractivity contribution in [3.05, 3.63) is 29.8 Å². The van der Waals surface area contributed by atoms with Crippen molar-refractivity contribution in [2.24, 2.45) is 0 Å². The van der Waals surface area contributed by atoms with Gasteiger partial charge in [0.25, 0.3) is 0 Å². The third kappa shape index (κ3) is 2.90. The van der Waals surface area contributed by atoms with Gasteiger partial charge in [0, 0.05) is 18.6 Å². The molecule has 1 aromatic rings. The molecule has 0 saturated carbocycles. The molecule has 20 heavy (non-hydrogen) atoms. The summed E-state index contributed by atoms with van der Waals surface area (Å²) in [5.41, 5.74) is 1.03. The van der Waals surface area contributed by atoms with Gasteiger partial charge in [-0.25, -0.2) is 8.42 Å². The maximum Gasteiger partial charge on any atom is 0.243 e. The zero-order valence-corrected chi connectivity index (χ0v) is 13.3. The highest BCUT2D eigenvalue weighted by molar-refractivity contribution is 7.89. The second kappa shape index (κ2) is 6.24. The van der Waals surface area contributed by atoms with Crippen LogP contribution in [-0.4, -0.2) is 32.4 Å². The maximum absolute atomic E-state index is 12.7. The van der Waals surface area contributed by atoms with E-state index in [1.165, 1.54) is 0 Å². The molecule has 0 bridgehead atoms. The minimum atomic E-state index is -3.35. The first-order valence-corrected chi connectivity index (χ1v) is 8.73. The Morgan fingerprint density at radius 2 is 2.20 bits per heavy atom. The van der Waals surface area contributed by atoms with Gasteiger partial charge in [0.05, 0.1) is 4.90 Å². The van der Waals surface area contributed by atoms with E-state index in [-0.39, 0.29) is 12.1 Å². The Hall–Kier alpha value is -0.910. The van der Waals surface area contributed by atoms with Crippen molar-refractivity contribution in [1.29, 1.82) is 0 Å². The fourth-order valence-electron chi connectivity index (χ4n) is 2.90. The molecule has 4 nitrogen and oxygen atoms in total. The van der Waals surface area contributed by atoms with E-state index in [0.29, 0.717) is 11.4 Å². The van der Waals surface area contributed by atoms with Gasteiger partial charge in [-0.15, -0.1) is 0 Å². The largest absolute Gasteiger partial charge is 0.313 e. The van der Waals surface area contributed by atoms with Gasteiger partial charge in [0.15, 0.2) is 0 Å². The predicted molar refractivity (Wildman–Crippen MR) is 81.1 cm³/mol. The Labute approximate surface area is 122 Å². The summed E-state index contributed by atoms with van der Waals surface area (Å²) in [5, 5.41) is 3.22. The fourth-order valence-corrected chi connectivity index (χ4v) is 4.65. The van der Waals surface area contributed by atoms with Gasteiger partial charge < -0.3 is 5.32 Å². The fraction of sp³-hybridized carbons (Fsp3) is 0.600. The van der Waals surface area contributed by atoms with Gasteiger partial charge in [-0.05, 0) is 50.9 Å². The van der Waals surface area contributed by atoms with Gasteiger partial charge >= 0.3 is 0 Å². The summed E-state index contributed by atoms with van der Waals surface area (Å²) in [5.74, 6) is 0. The van der Waals surface area contributed by atoms with Gasteiger partial charge in [0.1, 0.15) is 0 Å². The molecule has 112 valence electrons. The average molecular weight is 296 g/mol. The lowest BCUT2D eigenvalue weighted by atomic mass is 10.1. The highest BCUT2D eigenvalue weighted by atomic mass is 32.2. The van der Waals surface area contributed by atoms with E-state index in [0.717, 1.165) is 24.8 Å². The van der Waals surface area contributed by atoms with E-state index >= 15 is 0 Å². The Morgan fingerprint density at radius 3 is 2.75 bits per heavy atom. The molecule has 0 amide bonds. The van der Waals surface area contributed by atoms with Crippen LogP contribution in [0.3, 0.4) is 0 Å². The van der Waals surface area contributed by atoms with Crippen LogP contribution in [0.1, 0.15) is 44.7 Å². The van der Waals surface area contributed by atoms with Gasteiger partial charge in [-0.2, -0.15) is 4.31 Å². The molecule has 0 spiro atoms. The number of hydrogen-bond acceptors (Lipinski definition) is 3. The number of nitrogens with one attached hydrogen (secondary N) is 1. The molecule has 1 heterocycles. The molecule has 0 aliphatic carbocycles. The van der Waals surface area contributed by atoms with Crippen LogP contribution in [0.5, 0.6) is 0 Å². The van der Waals surface area contributed by atoms with Gasteiger partial charge in [0.2, 0.25) is 10.0 Å². The van der Waals surface area contributed by atoms with Crippen molar-refractivity contribution >= 4 is 10.0 Å². The zero-order valence-electron chi connectivity index (χ0n) is 12.5. The topological polar surface area (TPSA) is 49.4 Å². The minimum Gasteiger partial charge on any atom is -0.313 e. The molecule has 2 rings (SSSR count). The van der Waals surface area contributed by atoms with Crippen molar-refractivity contribution in [2.75, 3.05) is 13.6 Å². The summed E-state index contributed by atoms with van der Waals surface area (Å²) >= 11 is 0. The standard InChI is InChI=1S/C15H24N2O2S/c1-4-15(16-3)13-8-5-9-14(11-13)20(18,19)17-10-6-7-12(17)2/h5,8-9,11-12,15-16H,4,6-7,10H2,1-3H3. The lowest BCUT2D eigenvalue weighted by Gasteiger charge is -2.22. The second-order valence-corrected chi connectivity index (χ2v) is 7.32. The van der Waals surface area contributed by atoms with Crippen LogP contribution in [0, 0.1) is 0 Å². The van der Waals surface area contributed by atoms with Crippen molar-refractivity contribution in [2.45, 2.75) is 50.1 Å². The molecular weight excluding hydrogens is 272 g/mol. The SMILES string of the molecule is CCC(NC)c1cccc(S(=O)(=O)N2CCCC2C)c1. The molecule has 1 aromatic carbocycles. The van der Waals surface area contributed by atoms with Crippen molar-refractivity contribution < 1.29 is 8.42 Å². The summed E-state index contributed by atoms with van der Waals surface area (Å²) < 4.78 is 27.0. The van der Waals surface area contributed by atoms with Crippen LogP contribution in [-0.2, 0) is 10.0 Å². The van der Waals surface area contributed by atoms with Crippen molar-refractivity contribution in [1.82, 2.24) is 9.62 Å². The molecule has 0 radical (unpaired) electrons. The Bertz CT molecular complexity index is 553. The number of nitrogens with zero attached hydrogens (tertiary/aromatic N) is 1. The summed E-state index contributed by atoms with van der Waals surface area (Å²) in [6, 6.07) is 7.63. The first-order chi connectivity index (χ1) is 9.50. The number of sulfonamides is 1. The third-order valence-electron chi connectivity index (χ3n) is 4.12. The smallest absolute Gasteiger partial charge is 0.243 e. The molecular formula is C15H24N2O2S. The Morgan fingerprint density at radius 1 is 1.45 bits per heavy atom. The molecule has 5 heteroatoms. The Kier molecular flexibility index (Phi) is 4.83. The summed E-state index contributed by atoms with van der Waals surface area (Å²) in [4.78, 5) is 0.414. The minimum absolute atomic E-state index is 0.106. The van der Waals surface area contributed by atoms with Crippen LogP contribution in [0.15, 0.2) is 29.2 Å². The Balaban J connectivity index is 2.35. The molecule has 1 aliphatic heterocycles. The summed E-state index contributed by atoms with van der Waals surface area (Å²) in [7, 11) is -1.45. The predicted octanol–water partition coefficient (Wildman–Crippen LogP) is 2.53. The maximum atomic E-state index is 12.7. The summed E-state index contributed by atoms with van der Waals surface area (Å²) in [6.45, 7) is 4.71. The third-order valence-corrected chi connectivity index (χ3v) is 6.13. The van der Waals surface area contributed by atoms with E-state index in [1.807, 2.05) is 32.2 Å². The first-order valence-electron chi connectivity index (χ1n) is 7.29. The second-order valence-electron chi connectivity index (χ2n) is 5.43. The molecule has 1 fully saturated rings. The van der Waals surface area contributed by atoms with Crippen LogP contribution >= 0.6 is 0 Å². The molecule has 1 aliphatic rings. The number of hydrogen-bond donors (Lipinski definition) is 1. The van der Waals surface area contributed by atoms with Crippen LogP contribution in [0.2, 0.25) is 0 Å². The van der Waals surface area contributed by atoms with Crippen molar-refractivity contribution in [3.63, 3.8) is 0 Å². The van der Waals surface area contributed by atoms with E-state index in [1.54, 1.807) is 10.4 Å². The molecule has 1 N–H and O–H groups in total. The summed E-state index contributed by atoms with van der Waals surface area (Å²) in [6.07, 6.45) is 2.83. The van der Waals surface area contributed by atoms with Crippen molar-refractivity contribution in [3.8, 4) is 0 Å². The van der Waals surface area contributed by atoms with E-state index in [9.17, 15) is 8.42 Å². The molecule has 2 unspecified atom stereocenters. The molecule has 1 saturated heterocycles. The van der Waals surface area contributed by atoms with E-state index in [2.05, 4.69) is 12.2 Å². The first kappa shape index (κ1) is 15.5. The van der Waals surface area contributed by atoms with E-state index < -0.39 is 10.0 Å². The van der Waals surface area contributed by atoms with Crippen LogP contribution in [0.4, 0.5) is 0 Å². The quantitative estimate of drug-likeness (QED) is 0.908. The monoisotopic (exact) mass is 296 g/mol. The lowest BCUT2D eigenvalue weighted by molar-refractivity contribution is 0.408. The van der Waals surface area contributed by atoms with Crippen LogP contribution in [0.25, 0.3) is 0 Å². The average Bonchev–Trinajstić information content (AvgIpc) is 2.87. The highest BCUT2D eigenvalue weighted by Gasteiger charge is 2.32. The van der Waals surface area contributed by atoms with Gasteiger partial charge in [-0.3, -0.25) is 0 Å². The number of benzene rings is 1. The number of rotatable bonds is 5. The van der Waals surface area contributed by atoms with Gasteiger partial charge in [-0.1, -0.05) is 19.1 Å². The zero-order chi connectivity index (χ0) is 14.8. The van der Waals surface area contributed by atoms with Crippen LogP contribution < -0.4 is 5.32 Å².